The summed E-state index contributed by atoms with van der Waals surface area (Å²) in [5, 5.41) is 4.23. The molecule has 268 valence electrons. The van der Waals surface area contributed by atoms with E-state index >= 15 is 0 Å². The van der Waals surface area contributed by atoms with Crippen molar-refractivity contribution in [1.82, 2.24) is 0 Å². The van der Waals surface area contributed by atoms with Crippen LogP contribution >= 0.6 is 0 Å². The van der Waals surface area contributed by atoms with E-state index < -0.39 is 0 Å². The van der Waals surface area contributed by atoms with Crippen molar-refractivity contribution >= 4 is 60.9 Å². The molecule has 9 aromatic carbocycles. The molecule has 0 amide bonds. The van der Waals surface area contributed by atoms with Gasteiger partial charge in [-0.05, 0) is 93.5 Å². The van der Waals surface area contributed by atoms with Gasteiger partial charge in [0.25, 0.3) is 0 Å². The molecule has 3 heteroatoms. The van der Waals surface area contributed by atoms with Crippen molar-refractivity contribution < 1.29 is 8.83 Å². The first-order valence-electron chi connectivity index (χ1n) is 19.3. The molecule has 57 heavy (non-hydrogen) atoms. The molecule has 0 N–H and O–H groups in total. The van der Waals surface area contributed by atoms with E-state index in [-0.39, 0.29) is 0 Å². The Morgan fingerprint density at radius 1 is 0.298 bits per heavy atom. The average molecular weight is 730 g/mol. The zero-order chi connectivity index (χ0) is 37.7. The number of rotatable bonds is 7. The van der Waals surface area contributed by atoms with Gasteiger partial charge >= 0.3 is 0 Å². The fraction of sp³-hybridized carbons (Fsp3) is 0. The molecule has 0 aliphatic carbocycles. The molecular weight excluding hydrogens is 695 g/mol. The first kappa shape index (κ1) is 32.8. The summed E-state index contributed by atoms with van der Waals surface area (Å²) in [7, 11) is 0. The summed E-state index contributed by atoms with van der Waals surface area (Å²) in [5.41, 5.74) is 15.2. The molecular formula is C54H35NO2. The number of para-hydroxylation sites is 2. The number of benzene rings is 9. The summed E-state index contributed by atoms with van der Waals surface area (Å²) in [6.07, 6.45) is 0. The van der Waals surface area contributed by atoms with Crippen LogP contribution in [0.1, 0.15) is 0 Å². The Morgan fingerprint density at radius 2 is 0.860 bits per heavy atom. The highest BCUT2D eigenvalue weighted by Gasteiger charge is 2.26. The maximum atomic E-state index is 7.01. The Labute approximate surface area is 330 Å². The number of hydrogen-bond donors (Lipinski definition) is 0. The molecule has 0 saturated carbocycles. The molecule has 0 bridgehead atoms. The van der Waals surface area contributed by atoms with E-state index in [0.717, 1.165) is 105 Å². The van der Waals surface area contributed by atoms with Crippen LogP contribution in [-0.2, 0) is 0 Å². The lowest BCUT2D eigenvalue weighted by Gasteiger charge is -2.28. The molecule has 0 radical (unpaired) electrons. The smallest absolute Gasteiger partial charge is 0.159 e. The van der Waals surface area contributed by atoms with Gasteiger partial charge in [-0.15, -0.1) is 0 Å². The van der Waals surface area contributed by atoms with Crippen molar-refractivity contribution in [3.05, 3.63) is 212 Å². The Hall–Kier alpha value is -7.62. The molecule has 2 heterocycles. The second kappa shape index (κ2) is 13.6. The van der Waals surface area contributed by atoms with Crippen LogP contribution in [0.3, 0.4) is 0 Å². The molecule has 11 aromatic rings. The third kappa shape index (κ3) is 5.68. The summed E-state index contributed by atoms with van der Waals surface area (Å²) >= 11 is 0. The zero-order valence-electron chi connectivity index (χ0n) is 31.0. The van der Waals surface area contributed by atoms with E-state index in [1.165, 1.54) is 0 Å². The normalized spacial score (nSPS) is 11.5. The van der Waals surface area contributed by atoms with Gasteiger partial charge in [-0.3, -0.25) is 0 Å². The van der Waals surface area contributed by atoms with Gasteiger partial charge in [-0.1, -0.05) is 158 Å². The zero-order valence-corrected chi connectivity index (χ0v) is 31.0. The lowest BCUT2D eigenvalue weighted by atomic mass is 9.96. The summed E-state index contributed by atoms with van der Waals surface area (Å²) in [5.74, 6) is 0. The van der Waals surface area contributed by atoms with Crippen molar-refractivity contribution in [3.8, 4) is 44.5 Å². The molecule has 0 atom stereocenters. The minimum Gasteiger partial charge on any atom is -0.455 e. The van der Waals surface area contributed by atoms with E-state index in [1.807, 2.05) is 12.1 Å². The largest absolute Gasteiger partial charge is 0.455 e. The summed E-state index contributed by atoms with van der Waals surface area (Å²) in [6, 6.07) is 75.0. The van der Waals surface area contributed by atoms with Crippen molar-refractivity contribution in [2.24, 2.45) is 0 Å². The minimum absolute atomic E-state index is 0.817. The van der Waals surface area contributed by atoms with Gasteiger partial charge in [0.2, 0.25) is 0 Å². The van der Waals surface area contributed by atoms with E-state index in [2.05, 4.69) is 205 Å². The highest BCUT2D eigenvalue weighted by atomic mass is 16.3. The first-order valence-corrected chi connectivity index (χ1v) is 19.3. The second-order valence-corrected chi connectivity index (χ2v) is 14.5. The monoisotopic (exact) mass is 729 g/mol. The standard InChI is InChI=1S/C54H35NO2/c1-5-16-36(17-6-1)40-28-29-45-46-25-15-26-49(53(46)57-51(45)35-40)55(43-33-41(37-18-7-2-8-19-37)32-42(34-43)38-20-9-3-10-21-38)48-31-30-44(39-22-11-4-12-23-39)54-52(48)47-24-13-14-27-50(47)56-54/h1-35H. The minimum atomic E-state index is 0.817. The first-order chi connectivity index (χ1) is 28.3. The van der Waals surface area contributed by atoms with Crippen LogP contribution in [0.2, 0.25) is 0 Å². The van der Waals surface area contributed by atoms with Crippen molar-refractivity contribution in [2.75, 3.05) is 4.90 Å². The van der Waals surface area contributed by atoms with Gasteiger partial charge in [-0.25, -0.2) is 0 Å². The quantitative estimate of drug-likeness (QED) is 0.164. The Balaban J connectivity index is 1.23. The number of fused-ring (bicyclic) bond motifs is 6. The molecule has 0 fully saturated rings. The maximum Gasteiger partial charge on any atom is 0.159 e. The predicted octanol–water partition coefficient (Wildman–Crippen LogP) is 15.6. The van der Waals surface area contributed by atoms with Gasteiger partial charge < -0.3 is 13.7 Å². The third-order valence-electron chi connectivity index (χ3n) is 11.0. The highest BCUT2D eigenvalue weighted by Crippen LogP contribution is 2.49. The van der Waals surface area contributed by atoms with Gasteiger partial charge in [-0.2, -0.15) is 0 Å². The van der Waals surface area contributed by atoms with Crippen molar-refractivity contribution in [3.63, 3.8) is 0 Å². The Morgan fingerprint density at radius 3 is 1.53 bits per heavy atom. The van der Waals surface area contributed by atoms with Crippen LogP contribution in [0.4, 0.5) is 17.1 Å². The second-order valence-electron chi connectivity index (χ2n) is 14.5. The van der Waals surface area contributed by atoms with E-state index in [0.29, 0.717) is 0 Å². The topological polar surface area (TPSA) is 29.5 Å². The number of furan rings is 2. The lowest BCUT2D eigenvalue weighted by Crippen LogP contribution is -2.11. The average Bonchev–Trinajstić information content (AvgIpc) is 3.87. The van der Waals surface area contributed by atoms with Crippen LogP contribution in [0, 0.1) is 0 Å². The van der Waals surface area contributed by atoms with Gasteiger partial charge in [0.15, 0.2) is 5.58 Å². The van der Waals surface area contributed by atoms with Crippen LogP contribution in [0.25, 0.3) is 88.4 Å². The Kier molecular flexibility index (Phi) is 7.82. The van der Waals surface area contributed by atoms with Crippen molar-refractivity contribution in [2.45, 2.75) is 0 Å². The molecule has 0 unspecified atom stereocenters. The SMILES string of the molecule is c1ccc(-c2cc(-c3ccccc3)cc(N(c3cccc4c3oc3cc(-c5ccccc5)ccc34)c3ccc(-c4ccccc4)c4oc5ccccc5c34)c2)cc1. The Bertz CT molecular complexity index is 3160. The van der Waals surface area contributed by atoms with Crippen LogP contribution in [0.15, 0.2) is 221 Å². The van der Waals surface area contributed by atoms with E-state index in [9.17, 15) is 0 Å². The van der Waals surface area contributed by atoms with E-state index in [1.54, 1.807) is 0 Å². The summed E-state index contributed by atoms with van der Waals surface area (Å²) in [6.45, 7) is 0. The number of hydrogen-bond acceptors (Lipinski definition) is 3. The fourth-order valence-corrected chi connectivity index (χ4v) is 8.35. The van der Waals surface area contributed by atoms with Gasteiger partial charge in [0, 0.05) is 27.4 Å². The highest BCUT2D eigenvalue weighted by molar-refractivity contribution is 6.19. The molecule has 3 nitrogen and oxygen atoms in total. The van der Waals surface area contributed by atoms with Gasteiger partial charge in [0.1, 0.15) is 16.7 Å². The molecule has 11 rings (SSSR count). The summed E-state index contributed by atoms with van der Waals surface area (Å²) < 4.78 is 13.8. The summed E-state index contributed by atoms with van der Waals surface area (Å²) in [4.78, 5) is 2.38. The molecule has 2 aromatic heterocycles. The van der Waals surface area contributed by atoms with Crippen LogP contribution in [-0.4, -0.2) is 0 Å². The van der Waals surface area contributed by atoms with Crippen LogP contribution in [0.5, 0.6) is 0 Å². The van der Waals surface area contributed by atoms with Crippen molar-refractivity contribution in [1.29, 1.82) is 0 Å². The lowest BCUT2D eigenvalue weighted by molar-refractivity contribution is 0.668. The molecule has 0 saturated heterocycles. The van der Waals surface area contributed by atoms with E-state index in [4.69, 9.17) is 8.83 Å². The molecule has 0 aliphatic heterocycles. The number of anilines is 3. The number of nitrogens with zero attached hydrogens (tertiary/aromatic N) is 1. The maximum absolute atomic E-state index is 7.01. The predicted molar refractivity (Wildman–Crippen MR) is 237 cm³/mol. The van der Waals surface area contributed by atoms with Crippen LogP contribution < -0.4 is 4.90 Å². The molecule has 0 spiro atoms. The third-order valence-corrected chi connectivity index (χ3v) is 11.0. The fourth-order valence-electron chi connectivity index (χ4n) is 8.35. The molecule has 0 aliphatic rings. The van der Waals surface area contributed by atoms with Gasteiger partial charge in [0.05, 0.1) is 16.8 Å².